The third-order valence-electron chi connectivity index (χ3n) is 9.14. The molecule has 7 nitrogen and oxygen atoms in total. The quantitative estimate of drug-likeness (QED) is 0.118. The van der Waals surface area contributed by atoms with Crippen molar-refractivity contribution in [2.45, 2.75) is 58.9 Å². The van der Waals surface area contributed by atoms with Crippen LogP contribution in [-0.2, 0) is 25.8 Å². The van der Waals surface area contributed by atoms with Gasteiger partial charge in [-0.2, -0.15) is 13.2 Å². The maximum atomic E-state index is 13.5. The smallest absolute Gasteiger partial charge is 0.502 e. The van der Waals surface area contributed by atoms with Gasteiger partial charge in [0.1, 0.15) is 0 Å². The number of amides is 1. The number of nitrogens with zero attached hydrogens (tertiary/aromatic N) is 1. The highest BCUT2D eigenvalue weighted by Gasteiger charge is 2.49. The molecular weight excluding hydrogens is 752 g/mol. The lowest BCUT2D eigenvalue weighted by atomic mass is 9.95. The molecule has 0 fully saturated rings. The van der Waals surface area contributed by atoms with Gasteiger partial charge in [0.15, 0.2) is 4.90 Å². The zero-order chi connectivity index (χ0) is 39.3. The van der Waals surface area contributed by atoms with Crippen LogP contribution in [0.5, 0.6) is 0 Å². The molecule has 1 heterocycles. The number of rotatable bonds is 8. The summed E-state index contributed by atoms with van der Waals surface area (Å²) in [6.07, 6.45) is 0. The van der Waals surface area contributed by atoms with Gasteiger partial charge in [-0.05, 0) is 106 Å². The molecule has 4 aromatic rings. The minimum atomic E-state index is -5.67. The standard InChI is InChI=1S/C41H38F3N3O4S3/c1-22-16-23(2)38(24(3)17-22)46-29-12-14-31-34(19-29)52-35-20-30(47-40-26(5)18-25(4)39(27(40)6)45-28(7)48)13-15-32(35)37(31)33-10-8-9-11-36(33)53(49)21-54(50,51)41(42,43)44/h8-20,46H,21H2,1-7H3,(H,45,48)/b47-30+. The second-order valence-electron chi connectivity index (χ2n) is 13.4. The number of sulfone groups is 1. The molecule has 2 N–H and O–H groups in total. The monoisotopic (exact) mass is 789 g/mol. The normalized spacial score (nSPS) is 13.1. The first-order valence-corrected chi connectivity index (χ1v) is 20.7. The summed E-state index contributed by atoms with van der Waals surface area (Å²) in [5.41, 5.74) is 5.27. The molecule has 6 rings (SSSR count). The zero-order valence-corrected chi connectivity index (χ0v) is 33.1. The lowest BCUT2D eigenvalue weighted by Crippen LogP contribution is -2.30. The molecule has 0 aromatic heterocycles. The predicted molar refractivity (Wildman–Crippen MR) is 214 cm³/mol. The second-order valence-corrected chi connectivity index (χ2v) is 18.3. The Kier molecular flexibility index (Phi) is 10.7. The maximum absolute atomic E-state index is 13.5. The van der Waals surface area contributed by atoms with Gasteiger partial charge in [0.05, 0.1) is 11.0 Å². The average molecular weight is 790 g/mol. The summed E-state index contributed by atoms with van der Waals surface area (Å²) < 4.78 is 78.8. The van der Waals surface area contributed by atoms with Crippen molar-refractivity contribution in [1.29, 1.82) is 0 Å². The largest absolute Gasteiger partial charge is 0.611 e. The van der Waals surface area contributed by atoms with Gasteiger partial charge in [-0.15, -0.1) is 11.3 Å². The molecule has 13 heteroatoms. The Labute approximate surface area is 319 Å². The van der Waals surface area contributed by atoms with E-state index in [2.05, 4.69) is 22.8 Å². The summed E-state index contributed by atoms with van der Waals surface area (Å²) >= 11 is -1.05. The van der Waals surface area contributed by atoms with Gasteiger partial charge in [0.2, 0.25) is 11.0 Å². The van der Waals surface area contributed by atoms with Gasteiger partial charge in [-0.25, -0.2) is 13.4 Å². The Morgan fingerprint density at radius 2 is 1.50 bits per heavy atom. The Morgan fingerprint density at radius 3 is 2.17 bits per heavy atom. The van der Waals surface area contributed by atoms with Crippen LogP contribution < -0.4 is 16.0 Å². The number of alkyl halides is 3. The zero-order valence-electron chi connectivity index (χ0n) is 30.7. The average Bonchev–Trinajstić information content (AvgIpc) is 3.08. The van der Waals surface area contributed by atoms with Crippen molar-refractivity contribution in [3.63, 3.8) is 0 Å². The van der Waals surface area contributed by atoms with Crippen LogP contribution in [0.2, 0.25) is 0 Å². The first kappa shape index (κ1) is 39.0. The van der Waals surface area contributed by atoms with E-state index in [1.54, 1.807) is 12.1 Å². The van der Waals surface area contributed by atoms with Gasteiger partial charge in [0.25, 0.3) is 9.84 Å². The van der Waals surface area contributed by atoms with Gasteiger partial charge >= 0.3 is 5.51 Å². The highest BCUT2D eigenvalue weighted by molar-refractivity contribution is 8.08. The lowest BCUT2D eigenvalue weighted by molar-refractivity contribution is -0.114. The molecule has 2 aliphatic rings. The molecule has 0 radical (unpaired) electrons. The van der Waals surface area contributed by atoms with Crippen molar-refractivity contribution in [3.05, 3.63) is 118 Å². The van der Waals surface area contributed by atoms with Gasteiger partial charge in [-0.1, -0.05) is 48.0 Å². The molecule has 1 amide bonds. The molecule has 1 atom stereocenters. The number of aryl methyl sites for hydroxylation is 5. The van der Waals surface area contributed by atoms with Gasteiger partial charge < -0.3 is 15.2 Å². The summed E-state index contributed by atoms with van der Waals surface area (Å²) in [4.78, 5) is 17.8. The Bertz CT molecular complexity index is 2590. The molecular formula is C41H38F3N3O4S3. The van der Waals surface area contributed by atoms with Crippen LogP contribution in [0.15, 0.2) is 88.8 Å². The highest BCUT2D eigenvalue weighted by Crippen LogP contribution is 2.46. The van der Waals surface area contributed by atoms with Crippen molar-refractivity contribution < 1.29 is 30.9 Å². The Balaban J connectivity index is 1.59. The van der Waals surface area contributed by atoms with Crippen molar-refractivity contribution in [1.82, 2.24) is 0 Å². The molecule has 0 spiro atoms. The van der Waals surface area contributed by atoms with Gasteiger partial charge in [0, 0.05) is 66.8 Å². The molecule has 1 unspecified atom stereocenters. The first-order chi connectivity index (χ1) is 25.3. The van der Waals surface area contributed by atoms with E-state index >= 15 is 0 Å². The fourth-order valence-corrected chi connectivity index (χ4v) is 10.8. The number of anilines is 3. The fraction of sp³-hybridized carbons (Fsp3) is 0.220. The van der Waals surface area contributed by atoms with Crippen LogP contribution in [0.4, 0.5) is 35.9 Å². The summed E-state index contributed by atoms with van der Waals surface area (Å²) in [5.74, 6) is -0.193. The van der Waals surface area contributed by atoms with E-state index in [4.69, 9.17) is 4.99 Å². The van der Waals surface area contributed by atoms with Crippen LogP contribution in [-0.4, -0.2) is 29.5 Å². The molecule has 0 bridgehead atoms. The fourth-order valence-electron chi connectivity index (χ4n) is 6.83. The van der Waals surface area contributed by atoms with Crippen LogP contribution >= 0.6 is 11.3 Å². The van der Waals surface area contributed by atoms with E-state index < -0.39 is 31.6 Å². The van der Waals surface area contributed by atoms with Crippen LogP contribution in [0.3, 0.4) is 0 Å². The molecule has 0 saturated carbocycles. The number of benzene rings is 5. The van der Waals surface area contributed by atoms with Crippen LogP contribution in [0.1, 0.15) is 40.3 Å². The first-order valence-electron chi connectivity index (χ1n) is 16.9. The van der Waals surface area contributed by atoms with Crippen molar-refractivity contribution in [3.8, 4) is 21.6 Å². The molecule has 54 heavy (non-hydrogen) atoms. The maximum Gasteiger partial charge on any atom is 0.502 e. The summed E-state index contributed by atoms with van der Waals surface area (Å²) in [7, 11) is -5.67. The molecule has 4 aromatic carbocycles. The topological polar surface area (TPSA) is 111 Å². The van der Waals surface area contributed by atoms with Crippen LogP contribution in [0, 0.1) is 41.5 Å². The van der Waals surface area contributed by atoms with E-state index in [0.717, 1.165) is 65.3 Å². The van der Waals surface area contributed by atoms with E-state index in [9.17, 15) is 30.9 Å². The van der Waals surface area contributed by atoms with E-state index in [1.165, 1.54) is 30.4 Å². The molecule has 280 valence electrons. The third kappa shape index (κ3) is 7.76. The number of carbonyl (C=O) groups excluding carboxylic acids is 1. The van der Waals surface area contributed by atoms with E-state index in [1.807, 2.05) is 84.0 Å². The molecule has 0 saturated heterocycles. The summed E-state index contributed by atoms with van der Waals surface area (Å²) in [6.45, 7) is 13.4. The van der Waals surface area contributed by atoms with Crippen molar-refractivity contribution in [2.24, 2.45) is 4.99 Å². The SMILES string of the molecule is CC(=O)Nc1c(C)cc(C)c(/N=c2\ccc3c(-c4ccccc4[S+]([O-])CS(=O)(=O)C(F)(F)F)c4ccc(Nc5c(C)cc(C)cc5C)cc4sc-3c2)c1C. The summed E-state index contributed by atoms with van der Waals surface area (Å²) in [5, 5.41) is 6.24. The Morgan fingerprint density at radius 1 is 0.833 bits per heavy atom. The number of fused-ring (bicyclic) bond motifs is 2. The predicted octanol–water partition coefficient (Wildman–Crippen LogP) is 10.5. The van der Waals surface area contributed by atoms with E-state index in [-0.39, 0.29) is 10.8 Å². The minimum absolute atomic E-state index is 0.0256. The highest BCUT2D eigenvalue weighted by atomic mass is 32.3. The van der Waals surface area contributed by atoms with E-state index in [0.29, 0.717) is 27.9 Å². The van der Waals surface area contributed by atoms with Crippen molar-refractivity contribution in [2.75, 3.05) is 15.7 Å². The number of hydrogen-bond donors (Lipinski definition) is 2. The number of nitrogens with one attached hydrogen (secondary N) is 2. The lowest BCUT2D eigenvalue weighted by Gasteiger charge is -2.20. The van der Waals surface area contributed by atoms with Crippen molar-refractivity contribution >= 4 is 71.1 Å². The molecule has 1 aliphatic carbocycles. The number of hydrogen-bond acceptors (Lipinski definition) is 7. The number of carbonyl (C=O) groups is 1. The minimum Gasteiger partial charge on any atom is -0.611 e. The summed E-state index contributed by atoms with van der Waals surface area (Å²) in [6, 6.07) is 23.9. The Hall–Kier alpha value is -4.69. The second kappa shape index (κ2) is 14.9. The molecule has 1 aliphatic heterocycles. The van der Waals surface area contributed by atoms with Crippen LogP contribution in [0.25, 0.3) is 31.7 Å². The van der Waals surface area contributed by atoms with Gasteiger partial charge in [-0.3, -0.25) is 4.79 Å². The third-order valence-corrected chi connectivity index (χ3v) is 13.9. The number of halogens is 3.